The summed E-state index contributed by atoms with van der Waals surface area (Å²) in [6.45, 7) is 3.01. The Morgan fingerprint density at radius 2 is 2.54 bits per heavy atom. The first-order chi connectivity index (χ1) is 6.33. The largest absolute Gasteiger partial charge is 0.464 e. The van der Waals surface area contributed by atoms with E-state index in [9.17, 15) is 0 Å². The second-order valence-corrected chi connectivity index (χ2v) is 3.60. The lowest BCUT2D eigenvalue weighted by atomic mass is 10.1. The fourth-order valence-corrected chi connectivity index (χ4v) is 1.51. The Bertz CT molecular complexity index is 191. The lowest BCUT2D eigenvalue weighted by Gasteiger charge is -2.19. The van der Waals surface area contributed by atoms with Gasteiger partial charge >= 0.3 is 0 Å². The van der Waals surface area contributed by atoms with Crippen molar-refractivity contribution in [2.45, 2.75) is 38.7 Å². The van der Waals surface area contributed by atoms with E-state index in [0.29, 0.717) is 5.17 Å². The third-order valence-corrected chi connectivity index (χ3v) is 2.23. The quantitative estimate of drug-likeness (QED) is 0.557. The zero-order valence-electron chi connectivity index (χ0n) is 8.08. The molecule has 74 valence electrons. The predicted octanol–water partition coefficient (Wildman–Crippen LogP) is 2.40. The Morgan fingerprint density at radius 3 is 3.15 bits per heavy atom. The van der Waals surface area contributed by atoms with Crippen LogP contribution in [-0.2, 0) is 4.74 Å². The Kier molecular flexibility index (Phi) is 4.83. The zero-order chi connectivity index (χ0) is 9.52. The van der Waals surface area contributed by atoms with Crippen molar-refractivity contribution in [3.05, 3.63) is 12.2 Å². The van der Waals surface area contributed by atoms with E-state index in [0.717, 1.165) is 19.4 Å². The molecule has 0 aromatic carbocycles. The molecule has 0 aliphatic heterocycles. The molecule has 0 aromatic heterocycles. The van der Waals surface area contributed by atoms with Gasteiger partial charge < -0.3 is 10.1 Å². The molecule has 1 rings (SSSR count). The lowest BCUT2D eigenvalue weighted by molar-refractivity contribution is 0.213. The normalized spacial score (nSPS) is 21.2. The highest BCUT2D eigenvalue weighted by Gasteiger charge is 2.10. The average Bonchev–Trinajstić information content (AvgIpc) is 2.16. The minimum atomic E-state index is 0.200. The molecule has 1 aliphatic rings. The van der Waals surface area contributed by atoms with Gasteiger partial charge in [0.05, 0.1) is 0 Å². The van der Waals surface area contributed by atoms with Crippen LogP contribution in [0.15, 0.2) is 12.2 Å². The number of nitrogens with one attached hydrogen (secondary N) is 1. The van der Waals surface area contributed by atoms with Crippen molar-refractivity contribution < 1.29 is 4.74 Å². The maximum atomic E-state index is 5.53. The molecule has 0 spiro atoms. The maximum absolute atomic E-state index is 5.53. The number of ether oxygens (including phenoxy) is 1. The fourth-order valence-electron chi connectivity index (χ4n) is 1.29. The van der Waals surface area contributed by atoms with Gasteiger partial charge in [0.15, 0.2) is 0 Å². The first-order valence-electron chi connectivity index (χ1n) is 4.94. The topological polar surface area (TPSA) is 21.3 Å². The summed E-state index contributed by atoms with van der Waals surface area (Å²) in [4.78, 5) is 0. The minimum Gasteiger partial charge on any atom is -0.464 e. The summed E-state index contributed by atoms with van der Waals surface area (Å²) >= 11 is 5.03. The Hall–Kier alpha value is -0.570. The van der Waals surface area contributed by atoms with Gasteiger partial charge in [-0.15, -0.1) is 0 Å². The average molecular weight is 199 g/mol. The molecule has 0 amide bonds. The predicted molar refractivity (Wildman–Crippen MR) is 58.8 cm³/mol. The van der Waals surface area contributed by atoms with Gasteiger partial charge in [0.25, 0.3) is 5.17 Å². The molecule has 1 unspecified atom stereocenters. The molecule has 2 nitrogen and oxygen atoms in total. The Labute approximate surface area is 85.4 Å². The van der Waals surface area contributed by atoms with Crippen molar-refractivity contribution in [3.8, 4) is 0 Å². The van der Waals surface area contributed by atoms with E-state index < -0.39 is 0 Å². The molecule has 0 heterocycles. The number of hydrogen-bond donors (Lipinski definition) is 1. The highest BCUT2D eigenvalue weighted by Crippen LogP contribution is 2.13. The first-order valence-corrected chi connectivity index (χ1v) is 5.35. The minimum absolute atomic E-state index is 0.200. The van der Waals surface area contributed by atoms with E-state index in [-0.39, 0.29) is 6.10 Å². The summed E-state index contributed by atoms with van der Waals surface area (Å²) < 4.78 is 5.53. The van der Waals surface area contributed by atoms with E-state index in [4.69, 9.17) is 17.0 Å². The highest BCUT2D eigenvalue weighted by molar-refractivity contribution is 7.80. The molecule has 0 saturated carbocycles. The number of allylic oxidation sites excluding steroid dienone is 1. The molecule has 0 radical (unpaired) electrons. The van der Waals surface area contributed by atoms with Crippen LogP contribution in [0.5, 0.6) is 0 Å². The van der Waals surface area contributed by atoms with Crippen LogP contribution in [-0.4, -0.2) is 17.8 Å². The summed E-state index contributed by atoms with van der Waals surface area (Å²) in [6, 6.07) is 0. The van der Waals surface area contributed by atoms with Crippen molar-refractivity contribution in [2.24, 2.45) is 0 Å². The molecule has 1 atom stereocenters. The Balaban J connectivity index is 2.18. The molecule has 1 N–H and O–H groups in total. The summed E-state index contributed by atoms with van der Waals surface area (Å²) in [6.07, 6.45) is 9.01. The molecule has 0 fully saturated rings. The van der Waals surface area contributed by atoms with Gasteiger partial charge in [-0.3, -0.25) is 0 Å². The van der Waals surface area contributed by atoms with E-state index >= 15 is 0 Å². The maximum Gasteiger partial charge on any atom is 0.257 e. The third kappa shape index (κ3) is 4.27. The zero-order valence-corrected chi connectivity index (χ0v) is 8.90. The Morgan fingerprint density at radius 1 is 1.69 bits per heavy atom. The number of rotatable bonds is 3. The molecule has 0 bridgehead atoms. The molecular weight excluding hydrogens is 182 g/mol. The van der Waals surface area contributed by atoms with Crippen LogP contribution < -0.4 is 5.32 Å². The van der Waals surface area contributed by atoms with Crippen LogP contribution in [0.1, 0.15) is 32.6 Å². The van der Waals surface area contributed by atoms with E-state index in [1.807, 2.05) is 0 Å². The van der Waals surface area contributed by atoms with Gasteiger partial charge in [0.1, 0.15) is 6.10 Å². The van der Waals surface area contributed by atoms with E-state index in [2.05, 4.69) is 24.4 Å². The summed E-state index contributed by atoms with van der Waals surface area (Å²) in [5, 5.41) is 3.60. The van der Waals surface area contributed by atoms with E-state index in [1.54, 1.807) is 0 Å². The fraction of sp³-hybridized carbons (Fsp3) is 0.700. The smallest absolute Gasteiger partial charge is 0.257 e. The monoisotopic (exact) mass is 199 g/mol. The van der Waals surface area contributed by atoms with Crippen molar-refractivity contribution >= 4 is 17.4 Å². The van der Waals surface area contributed by atoms with Crippen LogP contribution in [0, 0.1) is 0 Å². The molecular formula is C10H17NOS. The SMILES string of the molecule is CCCNC(=S)OC1C=CCCC1. The van der Waals surface area contributed by atoms with Gasteiger partial charge in [0.2, 0.25) is 0 Å². The van der Waals surface area contributed by atoms with Gasteiger partial charge in [-0.25, -0.2) is 0 Å². The van der Waals surface area contributed by atoms with Crippen LogP contribution in [0.3, 0.4) is 0 Å². The standard InChI is InChI=1S/C10H17NOS/c1-2-8-11-10(13)12-9-6-4-3-5-7-9/h4,6,9H,2-3,5,7-8H2,1H3,(H,11,13). The molecule has 1 aliphatic carbocycles. The van der Waals surface area contributed by atoms with Crippen LogP contribution in [0.4, 0.5) is 0 Å². The van der Waals surface area contributed by atoms with Gasteiger partial charge in [-0.2, -0.15) is 0 Å². The van der Waals surface area contributed by atoms with Crippen LogP contribution in [0.25, 0.3) is 0 Å². The number of hydrogen-bond acceptors (Lipinski definition) is 2. The number of thiocarbonyl (C=S) groups is 1. The molecule has 0 saturated heterocycles. The van der Waals surface area contributed by atoms with Crippen LogP contribution in [0.2, 0.25) is 0 Å². The van der Waals surface area contributed by atoms with Crippen molar-refractivity contribution in [1.82, 2.24) is 5.32 Å². The van der Waals surface area contributed by atoms with Gasteiger partial charge in [0, 0.05) is 6.54 Å². The van der Waals surface area contributed by atoms with Gasteiger partial charge in [-0.05, 0) is 44.0 Å². The summed E-state index contributed by atoms with van der Waals surface area (Å²) in [5.41, 5.74) is 0. The lowest BCUT2D eigenvalue weighted by Crippen LogP contribution is -2.29. The molecule has 13 heavy (non-hydrogen) atoms. The van der Waals surface area contributed by atoms with Gasteiger partial charge in [-0.1, -0.05) is 13.0 Å². The van der Waals surface area contributed by atoms with Crippen LogP contribution >= 0.6 is 12.2 Å². The van der Waals surface area contributed by atoms with Crippen molar-refractivity contribution in [3.63, 3.8) is 0 Å². The summed E-state index contributed by atoms with van der Waals surface area (Å²) in [7, 11) is 0. The second kappa shape index (κ2) is 5.97. The van der Waals surface area contributed by atoms with E-state index in [1.165, 1.54) is 12.8 Å². The molecule has 3 heteroatoms. The third-order valence-electron chi connectivity index (χ3n) is 1.99. The first kappa shape index (κ1) is 10.5. The molecule has 0 aromatic rings. The summed E-state index contributed by atoms with van der Waals surface area (Å²) in [5.74, 6) is 0. The van der Waals surface area contributed by atoms with Crippen molar-refractivity contribution in [2.75, 3.05) is 6.54 Å². The second-order valence-electron chi connectivity index (χ2n) is 3.23. The highest BCUT2D eigenvalue weighted by atomic mass is 32.1. The van der Waals surface area contributed by atoms with Crippen molar-refractivity contribution in [1.29, 1.82) is 0 Å².